The molecule has 0 saturated heterocycles. The van der Waals surface area contributed by atoms with Crippen LogP contribution in [-0.2, 0) is 15.0 Å². The molecule has 4 nitrogen and oxygen atoms in total. The van der Waals surface area contributed by atoms with Crippen molar-refractivity contribution in [2.45, 2.75) is 0 Å². The van der Waals surface area contributed by atoms with Crippen molar-refractivity contribution in [3.63, 3.8) is 0 Å². The molecular formula is C2H4O4. The number of rotatable bonds is 3. The fraction of sp³-hybridized carbons (Fsp3) is 0. The minimum atomic E-state index is 0.955. The summed E-state index contributed by atoms with van der Waals surface area (Å²) in [6.45, 7) is 3.06. The molecule has 36 valence electrons. The zero-order valence-electron chi connectivity index (χ0n) is 2.96. The van der Waals surface area contributed by atoms with Gasteiger partial charge in [-0.25, -0.2) is 5.26 Å². The van der Waals surface area contributed by atoms with Crippen LogP contribution in [0.15, 0.2) is 12.8 Å². The molecule has 0 aromatic rings. The molecule has 0 fully saturated rings. The van der Waals surface area contributed by atoms with Gasteiger partial charge in [0.2, 0.25) is 0 Å². The third-order valence-corrected chi connectivity index (χ3v) is 0.138. The second-order valence-electron chi connectivity index (χ2n) is 0.405. The molecule has 0 aliphatic rings. The molecule has 0 rings (SSSR count). The molecule has 4 heteroatoms. The average molecular weight is 92.0 g/mol. The predicted molar refractivity (Wildman–Crippen MR) is 16.1 cm³/mol. The van der Waals surface area contributed by atoms with Crippen LogP contribution < -0.4 is 0 Å². The molecule has 0 saturated carbocycles. The average Bonchev–Trinajstić information content (AvgIpc) is 1.61. The maximum atomic E-state index is 7.30. The summed E-state index contributed by atoms with van der Waals surface area (Å²) in [5.74, 6) is 0. The largest absolute Gasteiger partial charge is 0.315 e. The summed E-state index contributed by atoms with van der Waals surface area (Å²) in [5, 5.41) is 13.7. The van der Waals surface area contributed by atoms with Crippen molar-refractivity contribution in [1.29, 1.82) is 0 Å². The predicted octanol–water partition coefficient (Wildman–Crippen LogP) is 0.483. The van der Waals surface area contributed by atoms with Gasteiger partial charge in [-0.05, 0) is 5.04 Å². The SMILES string of the molecule is C=COOOO. The quantitative estimate of drug-likeness (QED) is 0.238. The first-order chi connectivity index (χ1) is 2.91. The first-order valence-corrected chi connectivity index (χ1v) is 1.16. The maximum absolute atomic E-state index is 7.30. The standard InChI is InChI=1S/C2H4O4/c1-2-4-6-5-3/h2-3H,1H2. The van der Waals surface area contributed by atoms with Crippen LogP contribution in [0.2, 0.25) is 0 Å². The monoisotopic (exact) mass is 92.0 g/mol. The molecule has 1 N–H and O–H groups in total. The van der Waals surface area contributed by atoms with Gasteiger partial charge in [-0.15, -0.1) is 0 Å². The third kappa shape index (κ3) is 3.42. The fourth-order valence-electron chi connectivity index (χ4n) is 0.0453. The summed E-state index contributed by atoms with van der Waals surface area (Å²) in [6, 6.07) is 0. The first-order valence-electron chi connectivity index (χ1n) is 1.16. The summed E-state index contributed by atoms with van der Waals surface area (Å²) in [4.78, 5) is 3.77. The van der Waals surface area contributed by atoms with Crippen LogP contribution >= 0.6 is 0 Å². The highest BCUT2D eigenvalue weighted by Crippen LogP contribution is 1.72. The van der Waals surface area contributed by atoms with Crippen molar-refractivity contribution in [3.8, 4) is 0 Å². The van der Waals surface area contributed by atoms with Gasteiger partial charge in [0.15, 0.2) is 0 Å². The lowest BCUT2D eigenvalue weighted by Gasteiger charge is -1.85. The normalized spacial score (nSPS) is 7.50. The van der Waals surface area contributed by atoms with E-state index in [2.05, 4.69) is 21.5 Å². The van der Waals surface area contributed by atoms with Gasteiger partial charge >= 0.3 is 0 Å². The Labute approximate surface area is 34.3 Å². The lowest BCUT2D eigenvalue weighted by molar-refractivity contribution is -0.609. The fourth-order valence-corrected chi connectivity index (χ4v) is 0.0453. The van der Waals surface area contributed by atoms with E-state index in [1.807, 2.05) is 0 Å². The minimum Gasteiger partial charge on any atom is -0.315 e. The molecule has 6 heavy (non-hydrogen) atoms. The lowest BCUT2D eigenvalue weighted by atomic mass is 11.2. The van der Waals surface area contributed by atoms with Crippen LogP contribution in [0.4, 0.5) is 0 Å². The maximum Gasteiger partial charge on any atom is 0.125 e. The zero-order valence-corrected chi connectivity index (χ0v) is 2.96. The molecule has 0 aromatic carbocycles. The summed E-state index contributed by atoms with van der Waals surface area (Å²) >= 11 is 0. The van der Waals surface area contributed by atoms with Gasteiger partial charge in [-0.2, -0.15) is 0 Å². The summed E-state index contributed by atoms with van der Waals surface area (Å²) in [6.07, 6.45) is 0.955. The van der Waals surface area contributed by atoms with E-state index < -0.39 is 0 Å². The van der Waals surface area contributed by atoms with E-state index in [1.54, 1.807) is 0 Å². The van der Waals surface area contributed by atoms with Crippen LogP contribution in [0.5, 0.6) is 0 Å². The van der Waals surface area contributed by atoms with Crippen LogP contribution in [0, 0.1) is 0 Å². The van der Waals surface area contributed by atoms with Crippen LogP contribution in [0.25, 0.3) is 0 Å². The topological polar surface area (TPSA) is 47.9 Å². The molecule has 0 spiro atoms. The Hall–Kier alpha value is -0.580. The molecule has 0 aliphatic carbocycles. The van der Waals surface area contributed by atoms with E-state index in [-0.39, 0.29) is 0 Å². The Morgan fingerprint density at radius 2 is 2.33 bits per heavy atom. The molecule has 0 aromatic heterocycles. The Morgan fingerprint density at radius 1 is 1.67 bits per heavy atom. The van der Waals surface area contributed by atoms with Crippen molar-refractivity contribution in [1.82, 2.24) is 0 Å². The third-order valence-electron chi connectivity index (χ3n) is 0.138. The van der Waals surface area contributed by atoms with E-state index in [1.165, 1.54) is 0 Å². The molecule has 0 amide bonds. The summed E-state index contributed by atoms with van der Waals surface area (Å²) in [7, 11) is 0. The van der Waals surface area contributed by atoms with Crippen molar-refractivity contribution in [3.05, 3.63) is 12.8 Å². The van der Waals surface area contributed by atoms with E-state index in [0.717, 1.165) is 6.26 Å². The zero-order chi connectivity index (χ0) is 4.83. The summed E-state index contributed by atoms with van der Waals surface area (Å²) in [5.41, 5.74) is 0. The van der Waals surface area contributed by atoms with Crippen molar-refractivity contribution in [2.24, 2.45) is 0 Å². The number of hydrogen-bond acceptors (Lipinski definition) is 4. The van der Waals surface area contributed by atoms with Crippen LogP contribution in [-0.4, -0.2) is 5.26 Å². The highest BCUT2D eigenvalue weighted by Gasteiger charge is 1.69. The van der Waals surface area contributed by atoms with Gasteiger partial charge < -0.3 is 4.89 Å². The van der Waals surface area contributed by atoms with Crippen molar-refractivity contribution in [2.75, 3.05) is 0 Å². The minimum absolute atomic E-state index is 0.955. The van der Waals surface area contributed by atoms with E-state index in [4.69, 9.17) is 5.26 Å². The van der Waals surface area contributed by atoms with E-state index >= 15 is 0 Å². The highest BCUT2D eigenvalue weighted by molar-refractivity contribution is 4.41. The Morgan fingerprint density at radius 3 is 2.50 bits per heavy atom. The van der Waals surface area contributed by atoms with Crippen molar-refractivity contribution >= 4 is 0 Å². The second-order valence-corrected chi connectivity index (χ2v) is 0.405. The van der Waals surface area contributed by atoms with Gasteiger partial charge in [0.1, 0.15) is 6.26 Å². The Bertz CT molecular complexity index is 34.5. The van der Waals surface area contributed by atoms with Gasteiger partial charge in [0.05, 0.1) is 0 Å². The van der Waals surface area contributed by atoms with Gasteiger partial charge in [0, 0.05) is 5.04 Å². The van der Waals surface area contributed by atoms with Crippen LogP contribution in [0.3, 0.4) is 0 Å². The van der Waals surface area contributed by atoms with E-state index in [9.17, 15) is 0 Å². The molecule has 0 aliphatic heterocycles. The Kier molecular flexibility index (Phi) is 3.99. The smallest absolute Gasteiger partial charge is 0.125 e. The molecule has 0 atom stereocenters. The number of hydrogen-bond donors (Lipinski definition) is 1. The van der Waals surface area contributed by atoms with Gasteiger partial charge in [-0.1, -0.05) is 6.58 Å². The lowest BCUT2D eigenvalue weighted by Crippen LogP contribution is -1.82. The molecule has 0 heterocycles. The highest BCUT2D eigenvalue weighted by atomic mass is 17.6. The molecule has 0 unspecified atom stereocenters. The first kappa shape index (κ1) is 5.42. The molecule has 0 radical (unpaired) electrons. The van der Waals surface area contributed by atoms with Gasteiger partial charge in [-0.3, -0.25) is 0 Å². The van der Waals surface area contributed by atoms with Gasteiger partial charge in [0.25, 0.3) is 0 Å². The second kappa shape index (κ2) is 4.42. The van der Waals surface area contributed by atoms with Crippen LogP contribution in [0.1, 0.15) is 0 Å². The summed E-state index contributed by atoms with van der Waals surface area (Å²) < 4.78 is 0. The van der Waals surface area contributed by atoms with E-state index in [0.29, 0.717) is 0 Å². The van der Waals surface area contributed by atoms with Crippen molar-refractivity contribution < 1.29 is 20.2 Å². The Balaban J connectivity index is 2.49. The molecule has 0 bridgehead atoms. The molecular weight excluding hydrogens is 88.0 g/mol.